The molecule has 3 aromatic rings. The first-order valence-corrected chi connectivity index (χ1v) is 8.96. The number of anilines is 1. The van der Waals surface area contributed by atoms with Crippen LogP contribution in [0.3, 0.4) is 0 Å². The second kappa shape index (κ2) is 7.37. The SMILES string of the molecule is Cc1nc(C(C)(C)C)ccc1/C=C/C(=O)Nc1ccc2[nH]c(CO)cc2c1. The van der Waals surface area contributed by atoms with Crippen molar-refractivity contribution in [2.45, 2.75) is 39.7 Å². The molecule has 0 saturated carbocycles. The van der Waals surface area contributed by atoms with Crippen molar-refractivity contribution in [3.8, 4) is 0 Å². The molecule has 1 amide bonds. The average Bonchev–Trinajstić information content (AvgIpc) is 3.02. The van der Waals surface area contributed by atoms with Crippen LogP contribution in [0, 0.1) is 6.92 Å². The normalized spacial score (nSPS) is 12.0. The van der Waals surface area contributed by atoms with Crippen molar-refractivity contribution in [2.75, 3.05) is 5.32 Å². The number of carbonyl (C=O) groups is 1. The molecule has 0 fully saturated rings. The smallest absolute Gasteiger partial charge is 0.248 e. The van der Waals surface area contributed by atoms with E-state index < -0.39 is 0 Å². The van der Waals surface area contributed by atoms with Gasteiger partial charge in [0, 0.05) is 45.2 Å². The molecule has 0 bridgehead atoms. The molecule has 0 unspecified atom stereocenters. The van der Waals surface area contributed by atoms with Gasteiger partial charge in [-0.25, -0.2) is 0 Å². The molecule has 1 aromatic carbocycles. The Hall–Kier alpha value is -2.92. The Labute approximate surface area is 159 Å². The first kappa shape index (κ1) is 18.9. The van der Waals surface area contributed by atoms with E-state index in [0.717, 1.165) is 33.5 Å². The minimum atomic E-state index is -0.202. The summed E-state index contributed by atoms with van der Waals surface area (Å²) in [5.74, 6) is -0.202. The minimum Gasteiger partial charge on any atom is -0.390 e. The van der Waals surface area contributed by atoms with Crippen LogP contribution in [0.25, 0.3) is 17.0 Å². The fourth-order valence-electron chi connectivity index (χ4n) is 2.87. The summed E-state index contributed by atoms with van der Waals surface area (Å²) in [4.78, 5) is 20.0. The molecule has 0 aliphatic heterocycles. The number of benzene rings is 1. The number of pyridine rings is 1. The minimum absolute atomic E-state index is 0.00284. The maximum absolute atomic E-state index is 12.3. The molecule has 5 nitrogen and oxygen atoms in total. The maximum atomic E-state index is 12.3. The number of hydrogen-bond acceptors (Lipinski definition) is 3. The van der Waals surface area contributed by atoms with Crippen molar-refractivity contribution in [3.63, 3.8) is 0 Å². The van der Waals surface area contributed by atoms with Gasteiger partial charge in [0.25, 0.3) is 0 Å². The lowest BCUT2D eigenvalue weighted by atomic mass is 9.91. The number of rotatable bonds is 4. The predicted molar refractivity (Wildman–Crippen MR) is 110 cm³/mol. The van der Waals surface area contributed by atoms with E-state index in [-0.39, 0.29) is 17.9 Å². The van der Waals surface area contributed by atoms with Gasteiger partial charge in [-0.05, 0) is 48.9 Å². The fraction of sp³-hybridized carbons (Fsp3) is 0.273. The number of aliphatic hydroxyl groups excluding tert-OH is 1. The van der Waals surface area contributed by atoms with E-state index in [4.69, 9.17) is 0 Å². The van der Waals surface area contributed by atoms with Gasteiger partial charge in [-0.15, -0.1) is 0 Å². The highest BCUT2D eigenvalue weighted by Crippen LogP contribution is 2.22. The zero-order chi connectivity index (χ0) is 19.6. The summed E-state index contributed by atoms with van der Waals surface area (Å²) >= 11 is 0. The summed E-state index contributed by atoms with van der Waals surface area (Å²) in [5.41, 5.74) is 5.23. The van der Waals surface area contributed by atoms with Crippen LogP contribution >= 0.6 is 0 Å². The zero-order valence-corrected chi connectivity index (χ0v) is 16.1. The molecule has 0 atom stereocenters. The lowest BCUT2D eigenvalue weighted by Gasteiger charge is -2.18. The van der Waals surface area contributed by atoms with Gasteiger partial charge >= 0.3 is 0 Å². The van der Waals surface area contributed by atoms with E-state index in [2.05, 4.69) is 36.1 Å². The number of fused-ring (bicyclic) bond motifs is 1. The summed E-state index contributed by atoms with van der Waals surface area (Å²) in [5, 5.41) is 13.0. The number of carbonyl (C=O) groups excluding carboxylic acids is 1. The molecule has 0 saturated heterocycles. The second-order valence-electron chi connectivity index (χ2n) is 7.70. The monoisotopic (exact) mass is 363 g/mol. The maximum Gasteiger partial charge on any atom is 0.248 e. The molecule has 3 rings (SSSR count). The molecule has 2 heterocycles. The van der Waals surface area contributed by atoms with E-state index in [0.29, 0.717) is 5.69 Å². The number of aliphatic hydroxyl groups is 1. The highest BCUT2D eigenvalue weighted by Gasteiger charge is 2.15. The van der Waals surface area contributed by atoms with Crippen LogP contribution in [0.15, 0.2) is 42.5 Å². The van der Waals surface area contributed by atoms with Crippen LogP contribution in [-0.2, 0) is 16.8 Å². The quantitative estimate of drug-likeness (QED) is 0.604. The first-order chi connectivity index (χ1) is 12.8. The number of H-pyrrole nitrogens is 1. The lowest BCUT2D eigenvalue weighted by Crippen LogP contribution is -2.14. The van der Waals surface area contributed by atoms with Crippen molar-refractivity contribution in [3.05, 3.63) is 65.1 Å². The van der Waals surface area contributed by atoms with Crippen molar-refractivity contribution >= 4 is 28.6 Å². The van der Waals surface area contributed by atoms with Crippen LogP contribution in [0.1, 0.15) is 43.4 Å². The van der Waals surface area contributed by atoms with Gasteiger partial charge in [0.05, 0.1) is 6.61 Å². The lowest BCUT2D eigenvalue weighted by molar-refractivity contribution is -0.111. The van der Waals surface area contributed by atoms with Crippen molar-refractivity contribution in [1.82, 2.24) is 9.97 Å². The summed E-state index contributed by atoms with van der Waals surface area (Å²) in [6.07, 6.45) is 3.30. The van der Waals surface area contributed by atoms with Crippen molar-refractivity contribution in [1.29, 1.82) is 0 Å². The van der Waals surface area contributed by atoms with Crippen LogP contribution < -0.4 is 5.32 Å². The largest absolute Gasteiger partial charge is 0.390 e. The first-order valence-electron chi connectivity index (χ1n) is 8.96. The Morgan fingerprint density at radius 3 is 2.67 bits per heavy atom. The van der Waals surface area contributed by atoms with E-state index >= 15 is 0 Å². The Kier molecular flexibility index (Phi) is 5.15. The van der Waals surface area contributed by atoms with Crippen molar-refractivity contribution in [2.24, 2.45) is 0 Å². The number of hydrogen-bond donors (Lipinski definition) is 3. The highest BCUT2D eigenvalue weighted by molar-refractivity contribution is 6.03. The number of aromatic nitrogens is 2. The molecule has 27 heavy (non-hydrogen) atoms. The standard InChI is InChI=1S/C22H25N3O2/c1-14-15(5-9-20(23-14)22(2,3)4)6-10-21(27)25-17-7-8-19-16(11-17)12-18(13-26)24-19/h5-12,24,26H,13H2,1-4H3,(H,25,27)/b10-6+. The van der Waals surface area contributed by atoms with E-state index in [1.807, 2.05) is 43.3 Å². The van der Waals surface area contributed by atoms with Gasteiger partial charge in [-0.1, -0.05) is 26.8 Å². The summed E-state index contributed by atoms with van der Waals surface area (Å²) < 4.78 is 0. The topological polar surface area (TPSA) is 78.0 Å². The Morgan fingerprint density at radius 2 is 2.00 bits per heavy atom. The number of nitrogens with zero attached hydrogens (tertiary/aromatic N) is 1. The van der Waals surface area contributed by atoms with E-state index in [9.17, 15) is 9.90 Å². The second-order valence-corrected chi connectivity index (χ2v) is 7.70. The van der Waals surface area contributed by atoms with Gasteiger partial charge in [-0.2, -0.15) is 0 Å². The van der Waals surface area contributed by atoms with Gasteiger partial charge in [0.1, 0.15) is 0 Å². The molecule has 5 heteroatoms. The van der Waals surface area contributed by atoms with Gasteiger partial charge < -0.3 is 15.4 Å². The molecule has 0 spiro atoms. The predicted octanol–water partition coefficient (Wildman–Crippen LogP) is 4.31. The number of amides is 1. The molecule has 2 aromatic heterocycles. The van der Waals surface area contributed by atoms with E-state index in [1.165, 1.54) is 6.08 Å². The average molecular weight is 363 g/mol. The zero-order valence-electron chi connectivity index (χ0n) is 16.1. The van der Waals surface area contributed by atoms with Gasteiger partial charge in [-0.3, -0.25) is 9.78 Å². The molecule has 0 aliphatic carbocycles. The van der Waals surface area contributed by atoms with Crippen LogP contribution in [-0.4, -0.2) is 21.0 Å². The number of aromatic amines is 1. The molecule has 0 aliphatic rings. The Bertz CT molecular complexity index is 1010. The summed E-state index contributed by atoms with van der Waals surface area (Å²) in [6.45, 7) is 8.29. The molecule has 0 radical (unpaired) electrons. The number of aryl methyl sites for hydroxylation is 1. The van der Waals surface area contributed by atoms with Gasteiger partial charge in [0.2, 0.25) is 5.91 Å². The third-order valence-corrected chi connectivity index (χ3v) is 4.42. The Morgan fingerprint density at radius 1 is 1.22 bits per heavy atom. The van der Waals surface area contributed by atoms with E-state index in [1.54, 1.807) is 6.08 Å². The van der Waals surface area contributed by atoms with Crippen molar-refractivity contribution < 1.29 is 9.90 Å². The van der Waals surface area contributed by atoms with Crippen LogP contribution in [0.4, 0.5) is 5.69 Å². The molecular formula is C22H25N3O2. The number of nitrogens with one attached hydrogen (secondary N) is 2. The molecule has 140 valence electrons. The fourth-order valence-corrected chi connectivity index (χ4v) is 2.87. The molecule has 3 N–H and O–H groups in total. The summed E-state index contributed by atoms with van der Waals surface area (Å²) in [7, 11) is 0. The van der Waals surface area contributed by atoms with Crippen LogP contribution in [0.5, 0.6) is 0 Å². The summed E-state index contributed by atoms with van der Waals surface area (Å²) in [6, 6.07) is 11.5. The Balaban J connectivity index is 1.72. The molecular weight excluding hydrogens is 338 g/mol. The third-order valence-electron chi connectivity index (χ3n) is 4.42. The van der Waals surface area contributed by atoms with Gasteiger partial charge in [0.15, 0.2) is 0 Å². The third kappa shape index (κ3) is 4.44. The highest BCUT2D eigenvalue weighted by atomic mass is 16.3. The van der Waals surface area contributed by atoms with Crippen LogP contribution in [0.2, 0.25) is 0 Å².